The number of rotatable bonds is 8. The number of carbonyl (C=O) groups is 1. The first-order chi connectivity index (χ1) is 15.3. The molecule has 32 heavy (non-hydrogen) atoms. The Balaban J connectivity index is 2.03. The van der Waals surface area contributed by atoms with Crippen molar-refractivity contribution in [1.29, 1.82) is 0 Å². The molecular weight excluding hydrogens is 406 g/mol. The first kappa shape index (κ1) is 23.1. The van der Waals surface area contributed by atoms with Crippen molar-refractivity contribution < 1.29 is 19.0 Å². The maximum absolute atomic E-state index is 12.6. The number of methoxy groups -OCH3 is 1. The minimum atomic E-state index is -0.577. The lowest BCUT2D eigenvalue weighted by Gasteiger charge is -2.25. The molecule has 3 aromatic rings. The van der Waals surface area contributed by atoms with Crippen LogP contribution in [0.3, 0.4) is 0 Å². The third-order valence-corrected chi connectivity index (χ3v) is 4.44. The zero-order chi connectivity index (χ0) is 23.1. The van der Waals surface area contributed by atoms with Crippen LogP contribution in [0.1, 0.15) is 43.6 Å². The van der Waals surface area contributed by atoms with Crippen LogP contribution in [0.25, 0.3) is 0 Å². The van der Waals surface area contributed by atoms with Gasteiger partial charge in [0.2, 0.25) is 0 Å². The molecule has 0 saturated carbocycles. The van der Waals surface area contributed by atoms with E-state index in [9.17, 15) is 4.79 Å². The number of esters is 1. The van der Waals surface area contributed by atoms with E-state index in [2.05, 4.69) is 9.97 Å². The van der Waals surface area contributed by atoms with Gasteiger partial charge in [0, 0.05) is 18.1 Å². The van der Waals surface area contributed by atoms with Crippen LogP contribution in [0.15, 0.2) is 60.9 Å². The van der Waals surface area contributed by atoms with Crippen LogP contribution in [0.2, 0.25) is 0 Å². The van der Waals surface area contributed by atoms with E-state index in [-0.39, 0.29) is 5.97 Å². The fraction of sp³-hybridized carbons (Fsp3) is 0.320. The van der Waals surface area contributed by atoms with Crippen molar-refractivity contribution in [3.05, 3.63) is 72.1 Å². The molecule has 0 N–H and O–H groups in total. The monoisotopic (exact) mass is 435 g/mol. The van der Waals surface area contributed by atoms with Crippen molar-refractivity contribution in [2.75, 3.05) is 18.6 Å². The third kappa shape index (κ3) is 5.97. The van der Waals surface area contributed by atoms with Crippen molar-refractivity contribution in [2.24, 2.45) is 0 Å². The number of ether oxygens (including phenoxy) is 3. The van der Waals surface area contributed by atoms with E-state index in [0.717, 1.165) is 11.3 Å². The molecule has 0 aliphatic heterocycles. The van der Waals surface area contributed by atoms with Gasteiger partial charge in [0.25, 0.3) is 5.88 Å². The molecule has 1 aromatic carbocycles. The van der Waals surface area contributed by atoms with E-state index in [1.54, 1.807) is 31.6 Å². The van der Waals surface area contributed by atoms with Gasteiger partial charge in [-0.15, -0.1) is 0 Å². The predicted octanol–water partition coefficient (Wildman–Crippen LogP) is 5.18. The average Bonchev–Trinajstić information content (AvgIpc) is 2.77. The van der Waals surface area contributed by atoms with Gasteiger partial charge in [-0.1, -0.05) is 12.1 Å². The smallest absolute Gasteiger partial charge is 0.338 e. The highest BCUT2D eigenvalue weighted by Gasteiger charge is 2.20. The van der Waals surface area contributed by atoms with Gasteiger partial charge < -0.3 is 19.1 Å². The molecule has 7 heteroatoms. The van der Waals surface area contributed by atoms with Gasteiger partial charge >= 0.3 is 5.97 Å². The molecule has 0 aliphatic rings. The Hall–Kier alpha value is -3.61. The first-order valence-corrected chi connectivity index (χ1v) is 10.5. The topological polar surface area (TPSA) is 73.8 Å². The summed E-state index contributed by atoms with van der Waals surface area (Å²) in [5, 5.41) is 0. The highest BCUT2D eigenvalue weighted by Crippen LogP contribution is 2.33. The predicted molar refractivity (Wildman–Crippen MR) is 124 cm³/mol. The van der Waals surface area contributed by atoms with Gasteiger partial charge in [-0.25, -0.2) is 4.79 Å². The lowest BCUT2D eigenvalue weighted by molar-refractivity contribution is 0.00695. The SMILES string of the molecule is CCOc1nc(N(Cc2cccnc2)c2cccc(C(=O)OC(C)(C)C)c2)ccc1OC. The van der Waals surface area contributed by atoms with Gasteiger partial charge in [-0.05, 0) is 69.7 Å². The Morgan fingerprint density at radius 1 is 1.09 bits per heavy atom. The van der Waals surface area contributed by atoms with Gasteiger partial charge in [-0.2, -0.15) is 4.98 Å². The number of carbonyl (C=O) groups excluding carboxylic acids is 1. The van der Waals surface area contributed by atoms with Gasteiger partial charge in [-0.3, -0.25) is 4.98 Å². The quantitative estimate of drug-likeness (QED) is 0.452. The second-order valence-corrected chi connectivity index (χ2v) is 8.11. The number of aromatic nitrogens is 2. The summed E-state index contributed by atoms with van der Waals surface area (Å²) in [6.45, 7) is 8.39. The molecule has 0 spiro atoms. The summed E-state index contributed by atoms with van der Waals surface area (Å²) >= 11 is 0. The zero-order valence-electron chi connectivity index (χ0n) is 19.2. The Morgan fingerprint density at radius 2 is 1.91 bits per heavy atom. The minimum absolute atomic E-state index is 0.377. The lowest BCUT2D eigenvalue weighted by atomic mass is 10.1. The summed E-state index contributed by atoms with van der Waals surface area (Å²) in [6, 6.07) is 14.9. The fourth-order valence-corrected chi connectivity index (χ4v) is 3.08. The largest absolute Gasteiger partial charge is 0.491 e. The number of nitrogens with zero attached hydrogens (tertiary/aromatic N) is 3. The second-order valence-electron chi connectivity index (χ2n) is 8.11. The number of hydrogen-bond acceptors (Lipinski definition) is 7. The Kier molecular flexibility index (Phi) is 7.30. The van der Waals surface area contributed by atoms with Gasteiger partial charge in [0.1, 0.15) is 11.4 Å². The van der Waals surface area contributed by atoms with E-state index in [0.29, 0.717) is 36.2 Å². The van der Waals surface area contributed by atoms with Gasteiger partial charge in [0.05, 0.1) is 25.8 Å². The van der Waals surface area contributed by atoms with Crippen LogP contribution >= 0.6 is 0 Å². The van der Waals surface area contributed by atoms with E-state index >= 15 is 0 Å². The van der Waals surface area contributed by atoms with Crippen molar-refractivity contribution in [3.8, 4) is 11.6 Å². The number of pyridine rings is 2. The molecule has 0 radical (unpaired) electrons. The summed E-state index contributed by atoms with van der Waals surface area (Å²) in [5.74, 6) is 1.24. The Morgan fingerprint density at radius 3 is 2.56 bits per heavy atom. The van der Waals surface area contributed by atoms with Crippen LogP contribution in [-0.4, -0.2) is 35.3 Å². The van der Waals surface area contributed by atoms with Crippen LogP contribution < -0.4 is 14.4 Å². The highest BCUT2D eigenvalue weighted by molar-refractivity contribution is 5.91. The molecule has 7 nitrogen and oxygen atoms in total. The molecule has 0 aliphatic carbocycles. The molecule has 3 rings (SSSR count). The summed E-state index contributed by atoms with van der Waals surface area (Å²) in [6.07, 6.45) is 3.54. The van der Waals surface area contributed by atoms with E-state index in [1.165, 1.54) is 0 Å². The summed E-state index contributed by atoms with van der Waals surface area (Å²) < 4.78 is 16.6. The lowest BCUT2D eigenvalue weighted by Crippen LogP contribution is -2.24. The average molecular weight is 436 g/mol. The third-order valence-electron chi connectivity index (χ3n) is 4.44. The number of benzene rings is 1. The van der Waals surface area contributed by atoms with Crippen molar-refractivity contribution in [3.63, 3.8) is 0 Å². The maximum Gasteiger partial charge on any atom is 0.338 e. The minimum Gasteiger partial charge on any atom is -0.491 e. The molecule has 0 atom stereocenters. The van der Waals surface area contributed by atoms with Crippen LogP contribution in [0.5, 0.6) is 11.6 Å². The molecule has 0 saturated heterocycles. The van der Waals surface area contributed by atoms with Crippen molar-refractivity contribution >= 4 is 17.5 Å². The zero-order valence-corrected chi connectivity index (χ0v) is 19.2. The Labute approximate surface area is 189 Å². The number of hydrogen-bond donors (Lipinski definition) is 0. The van der Waals surface area contributed by atoms with Gasteiger partial charge in [0.15, 0.2) is 5.75 Å². The molecule has 168 valence electrons. The molecule has 0 fully saturated rings. The maximum atomic E-state index is 12.6. The summed E-state index contributed by atoms with van der Waals surface area (Å²) in [5.41, 5.74) is 1.67. The normalized spacial score (nSPS) is 11.0. The highest BCUT2D eigenvalue weighted by atomic mass is 16.6. The molecule has 0 unspecified atom stereocenters. The molecular formula is C25H29N3O4. The summed E-state index contributed by atoms with van der Waals surface area (Å²) in [4.78, 5) is 23.5. The number of anilines is 2. The van der Waals surface area contributed by atoms with Crippen LogP contribution in [0.4, 0.5) is 11.5 Å². The van der Waals surface area contributed by atoms with Crippen LogP contribution in [0, 0.1) is 0 Å². The molecule has 0 amide bonds. The fourth-order valence-electron chi connectivity index (χ4n) is 3.08. The van der Waals surface area contributed by atoms with E-state index in [1.807, 2.05) is 69.0 Å². The molecule has 0 bridgehead atoms. The second kappa shape index (κ2) is 10.1. The van der Waals surface area contributed by atoms with Crippen LogP contribution in [-0.2, 0) is 11.3 Å². The molecule has 2 aromatic heterocycles. The standard InChI is InChI=1S/C25H29N3O4/c1-6-31-23-21(30-5)12-13-22(27-23)28(17-18-9-8-14-26-16-18)20-11-7-10-19(15-20)24(29)32-25(2,3)4/h7-16H,6,17H2,1-5H3. The molecule has 2 heterocycles. The Bertz CT molecular complexity index is 1050. The van der Waals surface area contributed by atoms with E-state index < -0.39 is 5.60 Å². The first-order valence-electron chi connectivity index (χ1n) is 10.5. The van der Waals surface area contributed by atoms with E-state index in [4.69, 9.17) is 14.2 Å². The van der Waals surface area contributed by atoms with Crippen molar-refractivity contribution in [2.45, 2.75) is 39.8 Å². The summed E-state index contributed by atoms with van der Waals surface area (Å²) in [7, 11) is 1.58. The van der Waals surface area contributed by atoms with Crippen molar-refractivity contribution in [1.82, 2.24) is 9.97 Å².